The van der Waals surface area contributed by atoms with E-state index >= 15 is 0 Å². The van der Waals surface area contributed by atoms with Gasteiger partial charge < -0.3 is 15.2 Å². The van der Waals surface area contributed by atoms with Gasteiger partial charge in [-0.2, -0.15) is 5.10 Å². The lowest BCUT2D eigenvalue weighted by atomic mass is 10.0. The molecule has 0 saturated carbocycles. The lowest BCUT2D eigenvalue weighted by Gasteiger charge is -2.06. The fourth-order valence-electron chi connectivity index (χ4n) is 2.51. The summed E-state index contributed by atoms with van der Waals surface area (Å²) in [4.78, 5) is 11.8. The molecular formula is C18H20N4O3. The number of anilines is 1. The van der Waals surface area contributed by atoms with Crippen LogP contribution in [0.3, 0.4) is 0 Å². The van der Waals surface area contributed by atoms with E-state index in [0.29, 0.717) is 18.8 Å². The predicted molar refractivity (Wildman–Crippen MR) is 96.8 cm³/mol. The Bertz CT molecular complexity index is 858. The maximum Gasteiger partial charge on any atom is 0.320 e. The third-order valence-corrected chi connectivity index (χ3v) is 3.84. The number of H-pyrrole nitrogens is 1. The van der Waals surface area contributed by atoms with Gasteiger partial charge in [0.2, 0.25) is 0 Å². The Morgan fingerprint density at radius 2 is 1.96 bits per heavy atom. The van der Waals surface area contributed by atoms with Crippen molar-refractivity contribution in [3.8, 4) is 16.9 Å². The van der Waals surface area contributed by atoms with E-state index in [9.17, 15) is 4.79 Å². The standard InChI is InChI=1S/C18H20N4O3/c1-25-14-6-3-12(4-7-14)13-5-8-15-16(11-13)21-22-17(15)20-18(24)19-9-2-10-23/h3-8,11,23H,2,9-10H2,1H3,(H3,19,20,21,22,24). The number of aromatic amines is 1. The smallest absolute Gasteiger partial charge is 0.320 e. The quantitative estimate of drug-likeness (QED) is 0.519. The molecule has 1 aromatic heterocycles. The summed E-state index contributed by atoms with van der Waals surface area (Å²) in [6.45, 7) is 0.450. The van der Waals surface area contributed by atoms with Crippen LogP contribution in [0.2, 0.25) is 0 Å². The summed E-state index contributed by atoms with van der Waals surface area (Å²) in [6.07, 6.45) is 0.514. The third-order valence-electron chi connectivity index (χ3n) is 3.84. The van der Waals surface area contributed by atoms with E-state index in [1.165, 1.54) is 0 Å². The normalized spacial score (nSPS) is 10.6. The lowest BCUT2D eigenvalue weighted by Crippen LogP contribution is -2.30. The maximum atomic E-state index is 11.8. The predicted octanol–water partition coefficient (Wildman–Crippen LogP) is 2.74. The molecule has 0 radical (unpaired) electrons. The van der Waals surface area contributed by atoms with Gasteiger partial charge in [-0.1, -0.05) is 18.2 Å². The van der Waals surface area contributed by atoms with Gasteiger partial charge in [0.05, 0.1) is 12.6 Å². The van der Waals surface area contributed by atoms with Crippen molar-refractivity contribution in [2.45, 2.75) is 6.42 Å². The molecule has 3 aromatic rings. The van der Waals surface area contributed by atoms with Crippen LogP contribution >= 0.6 is 0 Å². The SMILES string of the molecule is COc1ccc(-c2ccc3c(NC(=O)NCCCO)n[nH]c3c2)cc1. The Hall–Kier alpha value is -3.06. The molecule has 0 aliphatic carbocycles. The Balaban J connectivity index is 1.77. The number of urea groups is 1. The largest absolute Gasteiger partial charge is 0.497 e. The molecule has 0 spiro atoms. The van der Waals surface area contributed by atoms with Gasteiger partial charge in [0.25, 0.3) is 0 Å². The highest BCUT2D eigenvalue weighted by Gasteiger charge is 2.10. The van der Waals surface area contributed by atoms with Gasteiger partial charge in [-0.3, -0.25) is 10.4 Å². The van der Waals surface area contributed by atoms with Gasteiger partial charge >= 0.3 is 6.03 Å². The van der Waals surface area contributed by atoms with E-state index in [1.54, 1.807) is 7.11 Å². The Morgan fingerprint density at radius 1 is 1.20 bits per heavy atom. The first kappa shape index (κ1) is 16.8. The highest BCUT2D eigenvalue weighted by molar-refractivity contribution is 6.00. The summed E-state index contributed by atoms with van der Waals surface area (Å²) in [5.41, 5.74) is 2.94. The average Bonchev–Trinajstić information content (AvgIpc) is 3.04. The third kappa shape index (κ3) is 3.89. The summed E-state index contributed by atoms with van der Waals surface area (Å²) in [5.74, 6) is 1.28. The molecule has 0 saturated heterocycles. The number of rotatable bonds is 6. The molecule has 1 heterocycles. The minimum atomic E-state index is -0.346. The summed E-state index contributed by atoms with van der Waals surface area (Å²) in [6, 6.07) is 13.3. The molecule has 0 fully saturated rings. The van der Waals surface area contributed by atoms with Crippen LogP contribution in [-0.2, 0) is 0 Å². The molecular weight excluding hydrogens is 320 g/mol. The van der Waals surface area contributed by atoms with Gasteiger partial charge in [-0.25, -0.2) is 4.79 Å². The number of ether oxygens (including phenoxy) is 1. The van der Waals surface area contributed by atoms with E-state index in [-0.39, 0.29) is 12.6 Å². The number of amides is 2. The van der Waals surface area contributed by atoms with E-state index in [0.717, 1.165) is 27.8 Å². The molecule has 4 N–H and O–H groups in total. The second kappa shape index (κ2) is 7.67. The van der Waals surface area contributed by atoms with E-state index in [1.807, 2.05) is 42.5 Å². The Labute approximate surface area is 145 Å². The van der Waals surface area contributed by atoms with Crippen molar-refractivity contribution < 1.29 is 14.6 Å². The molecule has 7 nitrogen and oxygen atoms in total. The molecule has 130 valence electrons. The molecule has 25 heavy (non-hydrogen) atoms. The average molecular weight is 340 g/mol. The number of fused-ring (bicyclic) bond motifs is 1. The van der Waals surface area contributed by atoms with Crippen LogP contribution in [0.5, 0.6) is 5.75 Å². The van der Waals surface area contributed by atoms with Crippen molar-refractivity contribution in [1.82, 2.24) is 15.5 Å². The highest BCUT2D eigenvalue weighted by Crippen LogP contribution is 2.28. The fourth-order valence-corrected chi connectivity index (χ4v) is 2.51. The first-order valence-electron chi connectivity index (χ1n) is 7.99. The van der Waals surface area contributed by atoms with Crippen molar-refractivity contribution in [2.24, 2.45) is 0 Å². The molecule has 0 bridgehead atoms. The zero-order valence-corrected chi connectivity index (χ0v) is 13.9. The molecule has 0 atom stereocenters. The van der Waals surface area contributed by atoms with Crippen LogP contribution in [0.1, 0.15) is 6.42 Å². The first-order valence-corrected chi connectivity index (χ1v) is 7.99. The van der Waals surface area contributed by atoms with Crippen LogP contribution < -0.4 is 15.4 Å². The minimum Gasteiger partial charge on any atom is -0.497 e. The first-order chi connectivity index (χ1) is 12.2. The second-order valence-corrected chi connectivity index (χ2v) is 5.52. The molecule has 0 aliphatic heterocycles. The molecule has 2 aromatic carbocycles. The fraction of sp³-hybridized carbons (Fsp3) is 0.222. The van der Waals surface area contributed by atoms with Gasteiger partial charge in [-0.15, -0.1) is 0 Å². The molecule has 3 rings (SSSR count). The highest BCUT2D eigenvalue weighted by atomic mass is 16.5. The number of benzene rings is 2. The van der Waals surface area contributed by atoms with Gasteiger partial charge in [0.1, 0.15) is 5.75 Å². The molecule has 2 amide bonds. The summed E-state index contributed by atoms with van der Waals surface area (Å²) in [5, 5.41) is 22.0. The summed E-state index contributed by atoms with van der Waals surface area (Å²) in [7, 11) is 1.64. The number of hydrogen-bond acceptors (Lipinski definition) is 4. The number of methoxy groups -OCH3 is 1. The van der Waals surface area contributed by atoms with E-state index in [2.05, 4.69) is 20.8 Å². The van der Waals surface area contributed by atoms with Crippen LogP contribution in [0, 0.1) is 0 Å². The van der Waals surface area contributed by atoms with E-state index in [4.69, 9.17) is 9.84 Å². The molecule has 0 unspecified atom stereocenters. The molecule has 0 aliphatic rings. The van der Waals surface area contributed by atoms with Gasteiger partial charge in [-0.05, 0) is 41.8 Å². The summed E-state index contributed by atoms with van der Waals surface area (Å²) < 4.78 is 5.17. The number of nitrogens with one attached hydrogen (secondary N) is 3. The lowest BCUT2D eigenvalue weighted by molar-refractivity contribution is 0.249. The number of carbonyl (C=O) groups is 1. The number of aliphatic hydroxyl groups excluding tert-OH is 1. The number of aliphatic hydroxyl groups is 1. The summed E-state index contributed by atoms with van der Waals surface area (Å²) >= 11 is 0. The van der Waals surface area contributed by atoms with Crippen LogP contribution in [0.4, 0.5) is 10.6 Å². The topological polar surface area (TPSA) is 99.3 Å². The zero-order valence-electron chi connectivity index (χ0n) is 13.9. The monoisotopic (exact) mass is 340 g/mol. The van der Waals surface area contributed by atoms with Gasteiger partial charge in [0.15, 0.2) is 5.82 Å². The van der Waals surface area contributed by atoms with Crippen molar-refractivity contribution in [1.29, 1.82) is 0 Å². The van der Waals surface area contributed by atoms with Crippen LogP contribution in [-0.4, -0.2) is 41.6 Å². The minimum absolute atomic E-state index is 0.0414. The van der Waals surface area contributed by atoms with Crippen molar-refractivity contribution in [2.75, 3.05) is 25.6 Å². The Kier molecular flexibility index (Phi) is 5.15. The van der Waals surface area contributed by atoms with Crippen molar-refractivity contribution >= 4 is 22.8 Å². The van der Waals surface area contributed by atoms with Gasteiger partial charge in [0, 0.05) is 18.5 Å². The van der Waals surface area contributed by atoms with Crippen molar-refractivity contribution in [3.05, 3.63) is 42.5 Å². The van der Waals surface area contributed by atoms with Crippen LogP contribution in [0.15, 0.2) is 42.5 Å². The maximum absolute atomic E-state index is 11.8. The Morgan fingerprint density at radius 3 is 2.68 bits per heavy atom. The van der Waals surface area contributed by atoms with E-state index < -0.39 is 0 Å². The van der Waals surface area contributed by atoms with Crippen LogP contribution in [0.25, 0.3) is 22.0 Å². The zero-order chi connectivity index (χ0) is 17.6. The van der Waals surface area contributed by atoms with Crippen molar-refractivity contribution in [3.63, 3.8) is 0 Å². The second-order valence-electron chi connectivity index (χ2n) is 5.52. The number of hydrogen-bond donors (Lipinski definition) is 4. The number of carbonyl (C=O) groups excluding carboxylic acids is 1. The molecule has 7 heteroatoms. The number of nitrogens with zero attached hydrogens (tertiary/aromatic N) is 1. The number of aromatic nitrogens is 2.